The molecule has 2 rings (SSSR count). The Morgan fingerprint density at radius 1 is 1.30 bits per heavy atom. The van der Waals surface area contributed by atoms with Crippen LogP contribution in [-0.2, 0) is 12.0 Å². The zero-order valence-electron chi connectivity index (χ0n) is 12.4. The Bertz CT molecular complexity index is 562. The molecule has 0 aliphatic rings. The molecule has 20 heavy (non-hydrogen) atoms. The topological polar surface area (TPSA) is 24.9 Å². The number of nitrogens with one attached hydrogen (secondary N) is 1. The zero-order chi connectivity index (χ0) is 14.8. The standard InChI is InChI=1S/C16H21ClN2S/c1-11(2)14-10-20-15(19-14)16(3,18-4)9-12-5-7-13(17)8-6-12/h5-8,10-11,18H,9H2,1-4H3. The number of rotatable bonds is 5. The van der Waals surface area contributed by atoms with E-state index >= 15 is 0 Å². The number of halogens is 1. The molecule has 1 unspecified atom stereocenters. The van der Waals surface area contributed by atoms with Crippen LogP contribution >= 0.6 is 22.9 Å². The molecule has 0 saturated heterocycles. The van der Waals surface area contributed by atoms with Crippen LogP contribution in [0.1, 0.15) is 43.0 Å². The summed E-state index contributed by atoms with van der Waals surface area (Å²) in [4.78, 5) is 4.80. The molecule has 0 radical (unpaired) electrons. The number of nitrogens with zero attached hydrogens (tertiary/aromatic N) is 1. The highest BCUT2D eigenvalue weighted by atomic mass is 35.5. The van der Waals surface area contributed by atoms with E-state index in [1.165, 1.54) is 11.3 Å². The minimum atomic E-state index is -0.147. The molecule has 0 bridgehead atoms. The molecule has 0 saturated carbocycles. The normalized spacial score (nSPS) is 14.5. The van der Waals surface area contributed by atoms with Crippen molar-refractivity contribution in [3.05, 3.63) is 50.9 Å². The van der Waals surface area contributed by atoms with Gasteiger partial charge in [-0.1, -0.05) is 37.6 Å². The lowest BCUT2D eigenvalue weighted by molar-refractivity contribution is 0.394. The van der Waals surface area contributed by atoms with Crippen molar-refractivity contribution in [1.29, 1.82) is 0 Å². The van der Waals surface area contributed by atoms with E-state index < -0.39 is 0 Å². The molecule has 1 N–H and O–H groups in total. The maximum absolute atomic E-state index is 5.95. The van der Waals surface area contributed by atoms with Gasteiger partial charge in [0.2, 0.25) is 0 Å². The third kappa shape index (κ3) is 3.40. The first-order valence-corrected chi connectivity index (χ1v) is 8.09. The van der Waals surface area contributed by atoms with Gasteiger partial charge >= 0.3 is 0 Å². The third-order valence-corrected chi connectivity index (χ3v) is 4.98. The molecule has 1 aromatic heterocycles. The fourth-order valence-corrected chi connectivity index (χ4v) is 3.36. The van der Waals surface area contributed by atoms with Crippen LogP contribution in [0.2, 0.25) is 5.02 Å². The fraction of sp³-hybridized carbons (Fsp3) is 0.438. The van der Waals surface area contributed by atoms with Crippen LogP contribution < -0.4 is 5.32 Å². The van der Waals surface area contributed by atoms with Crippen LogP contribution in [0.3, 0.4) is 0 Å². The zero-order valence-corrected chi connectivity index (χ0v) is 14.0. The van der Waals surface area contributed by atoms with Crippen LogP contribution in [0.5, 0.6) is 0 Å². The molecule has 0 aliphatic carbocycles. The average Bonchev–Trinajstić information content (AvgIpc) is 2.92. The van der Waals surface area contributed by atoms with Gasteiger partial charge in [0, 0.05) is 10.4 Å². The van der Waals surface area contributed by atoms with Gasteiger partial charge in [-0.3, -0.25) is 0 Å². The number of aromatic nitrogens is 1. The maximum atomic E-state index is 5.95. The van der Waals surface area contributed by atoms with Crippen molar-refractivity contribution in [3.63, 3.8) is 0 Å². The number of benzene rings is 1. The summed E-state index contributed by atoms with van der Waals surface area (Å²) in [6.45, 7) is 6.55. The predicted molar refractivity (Wildman–Crippen MR) is 87.8 cm³/mol. The number of hydrogen-bond acceptors (Lipinski definition) is 3. The van der Waals surface area contributed by atoms with Crippen molar-refractivity contribution in [3.8, 4) is 0 Å². The van der Waals surface area contributed by atoms with E-state index in [4.69, 9.17) is 16.6 Å². The molecule has 1 atom stereocenters. The Balaban J connectivity index is 2.25. The monoisotopic (exact) mass is 308 g/mol. The first kappa shape index (κ1) is 15.5. The Morgan fingerprint density at radius 3 is 2.45 bits per heavy atom. The van der Waals surface area contributed by atoms with Gasteiger partial charge in [0.15, 0.2) is 0 Å². The summed E-state index contributed by atoms with van der Waals surface area (Å²) in [5, 5.41) is 7.50. The molecular weight excluding hydrogens is 288 g/mol. The van der Waals surface area contributed by atoms with Crippen molar-refractivity contribution < 1.29 is 0 Å². The largest absolute Gasteiger partial charge is 0.308 e. The summed E-state index contributed by atoms with van der Waals surface area (Å²) in [6.07, 6.45) is 0.895. The van der Waals surface area contributed by atoms with Gasteiger partial charge in [-0.2, -0.15) is 0 Å². The Hall–Kier alpha value is -0.900. The Kier molecular flexibility index (Phi) is 4.84. The lowest BCUT2D eigenvalue weighted by Gasteiger charge is -2.27. The third-order valence-electron chi connectivity index (χ3n) is 3.61. The molecule has 0 spiro atoms. The second-order valence-corrected chi connectivity index (χ2v) is 6.91. The van der Waals surface area contributed by atoms with E-state index in [0.29, 0.717) is 5.92 Å². The molecule has 2 nitrogen and oxygen atoms in total. The fourth-order valence-electron chi connectivity index (χ4n) is 2.09. The Labute approximate surface area is 130 Å². The Morgan fingerprint density at radius 2 is 1.95 bits per heavy atom. The van der Waals surface area contributed by atoms with E-state index in [1.807, 2.05) is 19.2 Å². The molecule has 0 amide bonds. The SMILES string of the molecule is CNC(C)(Cc1ccc(Cl)cc1)c1nc(C(C)C)cs1. The quantitative estimate of drug-likeness (QED) is 0.873. The number of thiazole rings is 1. The second-order valence-electron chi connectivity index (χ2n) is 5.62. The maximum Gasteiger partial charge on any atom is 0.113 e. The van der Waals surface area contributed by atoms with Crippen molar-refractivity contribution in [1.82, 2.24) is 10.3 Å². The van der Waals surface area contributed by atoms with Crippen LogP contribution in [0.15, 0.2) is 29.6 Å². The highest BCUT2D eigenvalue weighted by Crippen LogP contribution is 2.30. The van der Waals surface area contributed by atoms with Crippen molar-refractivity contribution in [2.24, 2.45) is 0 Å². The molecule has 1 heterocycles. The average molecular weight is 309 g/mol. The van der Waals surface area contributed by atoms with Crippen molar-refractivity contribution >= 4 is 22.9 Å². The van der Waals surface area contributed by atoms with E-state index in [0.717, 1.165) is 16.5 Å². The van der Waals surface area contributed by atoms with Crippen LogP contribution in [-0.4, -0.2) is 12.0 Å². The second kappa shape index (κ2) is 6.25. The minimum absolute atomic E-state index is 0.147. The molecule has 108 valence electrons. The highest BCUT2D eigenvalue weighted by molar-refractivity contribution is 7.09. The van der Waals surface area contributed by atoms with Gasteiger partial charge in [0.05, 0.1) is 11.2 Å². The molecular formula is C16H21ClN2S. The summed E-state index contributed by atoms with van der Waals surface area (Å²) < 4.78 is 0. The van der Waals surface area contributed by atoms with Crippen molar-refractivity contribution in [2.45, 2.75) is 38.6 Å². The van der Waals surface area contributed by atoms with E-state index in [9.17, 15) is 0 Å². The van der Waals surface area contributed by atoms with Gasteiger partial charge in [-0.15, -0.1) is 11.3 Å². The highest BCUT2D eigenvalue weighted by Gasteiger charge is 2.28. The summed E-state index contributed by atoms with van der Waals surface area (Å²) in [5.74, 6) is 0.469. The lowest BCUT2D eigenvalue weighted by Crippen LogP contribution is -2.39. The first-order chi connectivity index (χ1) is 9.44. The van der Waals surface area contributed by atoms with Crippen LogP contribution in [0.4, 0.5) is 0 Å². The van der Waals surface area contributed by atoms with Gasteiger partial charge < -0.3 is 5.32 Å². The van der Waals surface area contributed by atoms with Crippen LogP contribution in [0, 0.1) is 0 Å². The van der Waals surface area contributed by atoms with Crippen molar-refractivity contribution in [2.75, 3.05) is 7.05 Å². The van der Waals surface area contributed by atoms with Crippen LogP contribution in [0.25, 0.3) is 0 Å². The predicted octanol–water partition coefficient (Wildman–Crippen LogP) is 4.60. The summed E-state index contributed by atoms with van der Waals surface area (Å²) in [7, 11) is 1.99. The number of hydrogen-bond donors (Lipinski definition) is 1. The molecule has 0 aliphatic heterocycles. The summed E-state index contributed by atoms with van der Waals surface area (Å²) >= 11 is 7.68. The van der Waals surface area contributed by atoms with Gasteiger partial charge in [0.1, 0.15) is 5.01 Å². The molecule has 0 fully saturated rings. The first-order valence-electron chi connectivity index (χ1n) is 6.84. The van der Waals surface area contributed by atoms with E-state index in [-0.39, 0.29) is 5.54 Å². The summed E-state index contributed by atoms with van der Waals surface area (Å²) in [5.41, 5.74) is 2.28. The molecule has 4 heteroatoms. The molecule has 1 aromatic carbocycles. The van der Waals surface area contributed by atoms with E-state index in [1.54, 1.807) is 11.3 Å². The smallest absolute Gasteiger partial charge is 0.113 e. The molecule has 2 aromatic rings. The number of likely N-dealkylation sites (N-methyl/N-ethyl adjacent to an activating group) is 1. The van der Waals surface area contributed by atoms with Gasteiger partial charge in [-0.05, 0) is 44.0 Å². The van der Waals surface area contributed by atoms with E-state index in [2.05, 4.69) is 43.6 Å². The van der Waals surface area contributed by atoms with Gasteiger partial charge in [-0.25, -0.2) is 4.98 Å². The van der Waals surface area contributed by atoms with Gasteiger partial charge in [0.25, 0.3) is 0 Å². The minimum Gasteiger partial charge on any atom is -0.308 e. The lowest BCUT2D eigenvalue weighted by atomic mass is 9.93. The summed E-state index contributed by atoms with van der Waals surface area (Å²) in [6, 6.07) is 8.03.